The number of ether oxygens (including phenoxy) is 1. The van der Waals surface area contributed by atoms with Gasteiger partial charge in [-0.05, 0) is 49.2 Å². The van der Waals surface area contributed by atoms with Crippen molar-refractivity contribution in [1.82, 2.24) is 14.8 Å². The lowest BCUT2D eigenvalue weighted by Crippen LogP contribution is -2.19. The van der Waals surface area contributed by atoms with Gasteiger partial charge in [-0.3, -0.25) is 9.59 Å². The maximum absolute atomic E-state index is 12.4. The Morgan fingerprint density at radius 1 is 1.12 bits per heavy atom. The van der Waals surface area contributed by atoms with Crippen molar-refractivity contribution in [3.05, 3.63) is 54.1 Å². The highest BCUT2D eigenvalue weighted by molar-refractivity contribution is 7.99. The Labute approximate surface area is 191 Å². The van der Waals surface area contributed by atoms with Crippen LogP contribution in [0.5, 0.6) is 5.75 Å². The van der Waals surface area contributed by atoms with Crippen molar-refractivity contribution in [1.29, 1.82) is 0 Å². The van der Waals surface area contributed by atoms with Gasteiger partial charge in [-0.1, -0.05) is 37.7 Å². The maximum atomic E-state index is 12.4. The van der Waals surface area contributed by atoms with Gasteiger partial charge in [-0.15, -0.1) is 10.2 Å². The number of hydrogen-bond donors (Lipinski definition) is 2. The van der Waals surface area contributed by atoms with Crippen molar-refractivity contribution in [2.24, 2.45) is 11.7 Å². The van der Waals surface area contributed by atoms with E-state index in [1.165, 1.54) is 11.8 Å². The molecule has 0 saturated heterocycles. The molecule has 3 rings (SSSR count). The molecule has 0 aliphatic rings. The third-order valence-electron chi connectivity index (χ3n) is 4.53. The second kappa shape index (κ2) is 10.8. The summed E-state index contributed by atoms with van der Waals surface area (Å²) in [5.41, 5.74) is 6.95. The highest BCUT2D eigenvalue weighted by Crippen LogP contribution is 2.26. The average molecular weight is 454 g/mol. The molecule has 0 aliphatic heterocycles. The standard InChI is InChI=1S/C23H27N5O3S/c1-4-28-22(16-9-11-17(12-10-16)31-13-15(2)3)26-27-23(28)32-14-20(29)25-19-8-6-5-7-18(19)21(24)30/h5-12,15H,4,13-14H2,1-3H3,(H2,24,30)(H,25,29). The van der Waals surface area contributed by atoms with E-state index in [9.17, 15) is 9.59 Å². The zero-order chi connectivity index (χ0) is 23.1. The third kappa shape index (κ3) is 5.88. The molecule has 0 atom stereocenters. The summed E-state index contributed by atoms with van der Waals surface area (Å²) >= 11 is 1.28. The molecule has 3 aromatic rings. The average Bonchev–Trinajstić information content (AvgIpc) is 3.19. The second-order valence-corrected chi connectivity index (χ2v) is 8.47. The molecule has 168 valence electrons. The van der Waals surface area contributed by atoms with Gasteiger partial charge in [0, 0.05) is 12.1 Å². The van der Waals surface area contributed by atoms with Crippen LogP contribution in [0.3, 0.4) is 0 Å². The normalized spacial score (nSPS) is 10.9. The molecule has 0 spiro atoms. The van der Waals surface area contributed by atoms with Gasteiger partial charge >= 0.3 is 0 Å². The van der Waals surface area contributed by atoms with Crippen molar-refractivity contribution in [2.45, 2.75) is 32.5 Å². The molecule has 0 fully saturated rings. The first-order valence-electron chi connectivity index (χ1n) is 10.4. The largest absolute Gasteiger partial charge is 0.493 e. The molecular weight excluding hydrogens is 426 g/mol. The summed E-state index contributed by atoms with van der Waals surface area (Å²) in [4.78, 5) is 24.0. The Hall–Kier alpha value is -3.33. The van der Waals surface area contributed by atoms with Gasteiger partial charge in [0.15, 0.2) is 11.0 Å². The van der Waals surface area contributed by atoms with E-state index in [1.54, 1.807) is 24.3 Å². The minimum Gasteiger partial charge on any atom is -0.493 e. The SMILES string of the molecule is CCn1c(SCC(=O)Nc2ccccc2C(N)=O)nnc1-c1ccc(OCC(C)C)cc1. The molecule has 9 heteroatoms. The maximum Gasteiger partial charge on any atom is 0.250 e. The predicted octanol–water partition coefficient (Wildman–Crippen LogP) is 3.83. The van der Waals surface area contributed by atoms with E-state index in [2.05, 4.69) is 29.4 Å². The van der Waals surface area contributed by atoms with E-state index >= 15 is 0 Å². The van der Waals surface area contributed by atoms with Crippen LogP contribution in [-0.4, -0.2) is 38.9 Å². The monoisotopic (exact) mass is 453 g/mol. The number of hydrogen-bond acceptors (Lipinski definition) is 6. The van der Waals surface area contributed by atoms with Gasteiger partial charge in [0.2, 0.25) is 5.91 Å². The van der Waals surface area contributed by atoms with Gasteiger partial charge in [0.25, 0.3) is 5.91 Å². The van der Waals surface area contributed by atoms with Crippen LogP contribution < -0.4 is 15.8 Å². The molecular formula is C23H27N5O3S. The van der Waals surface area contributed by atoms with Gasteiger partial charge < -0.3 is 20.4 Å². The second-order valence-electron chi connectivity index (χ2n) is 7.53. The van der Waals surface area contributed by atoms with Crippen molar-refractivity contribution in [2.75, 3.05) is 17.7 Å². The Balaban J connectivity index is 1.66. The van der Waals surface area contributed by atoms with Crippen LogP contribution >= 0.6 is 11.8 Å². The van der Waals surface area contributed by atoms with Crippen molar-refractivity contribution < 1.29 is 14.3 Å². The number of nitrogens with zero attached hydrogens (tertiary/aromatic N) is 3. The predicted molar refractivity (Wildman–Crippen MR) is 126 cm³/mol. The number of rotatable bonds is 10. The summed E-state index contributed by atoms with van der Waals surface area (Å²) in [6, 6.07) is 14.4. The Kier molecular flexibility index (Phi) is 7.88. The topological polar surface area (TPSA) is 112 Å². The van der Waals surface area contributed by atoms with E-state index < -0.39 is 5.91 Å². The van der Waals surface area contributed by atoms with Crippen molar-refractivity contribution in [3.8, 4) is 17.1 Å². The number of amides is 2. The molecule has 2 amide bonds. The van der Waals surface area contributed by atoms with Crippen LogP contribution in [0.1, 0.15) is 31.1 Å². The Morgan fingerprint density at radius 2 is 1.84 bits per heavy atom. The van der Waals surface area contributed by atoms with Crippen molar-refractivity contribution >= 4 is 29.3 Å². The first-order chi connectivity index (χ1) is 15.4. The molecule has 2 aromatic carbocycles. The molecule has 3 N–H and O–H groups in total. The summed E-state index contributed by atoms with van der Waals surface area (Å²) in [5, 5.41) is 12.0. The molecule has 32 heavy (non-hydrogen) atoms. The fourth-order valence-corrected chi connectivity index (χ4v) is 3.78. The van der Waals surface area contributed by atoms with Crippen LogP contribution in [0, 0.1) is 5.92 Å². The molecule has 1 heterocycles. The Bertz CT molecular complexity index is 1080. The number of nitrogens with two attached hydrogens (primary N) is 1. The molecule has 0 bridgehead atoms. The van der Waals surface area contributed by atoms with Crippen LogP contribution in [0.2, 0.25) is 0 Å². The number of nitrogens with one attached hydrogen (secondary N) is 1. The number of carbonyl (C=O) groups excluding carboxylic acids is 2. The van der Waals surface area contributed by atoms with Crippen molar-refractivity contribution in [3.63, 3.8) is 0 Å². The molecule has 1 aromatic heterocycles. The number of thioether (sulfide) groups is 1. The van der Waals surface area contributed by atoms with E-state index in [4.69, 9.17) is 10.5 Å². The quantitative estimate of drug-likeness (QED) is 0.451. The summed E-state index contributed by atoms with van der Waals surface area (Å²) in [6.07, 6.45) is 0. The van der Waals surface area contributed by atoms with E-state index in [1.807, 2.05) is 35.8 Å². The van der Waals surface area contributed by atoms with Gasteiger partial charge in [-0.25, -0.2) is 0 Å². The summed E-state index contributed by atoms with van der Waals surface area (Å²) in [5.74, 6) is 1.26. The zero-order valence-corrected chi connectivity index (χ0v) is 19.2. The van der Waals surface area contributed by atoms with Crippen LogP contribution in [-0.2, 0) is 11.3 Å². The number of benzene rings is 2. The number of carbonyl (C=O) groups is 2. The highest BCUT2D eigenvalue weighted by atomic mass is 32.2. The minimum absolute atomic E-state index is 0.118. The minimum atomic E-state index is -0.593. The van der Waals surface area contributed by atoms with Gasteiger partial charge in [0.1, 0.15) is 5.75 Å². The summed E-state index contributed by atoms with van der Waals surface area (Å²) in [7, 11) is 0. The number of primary amides is 1. The lowest BCUT2D eigenvalue weighted by molar-refractivity contribution is -0.113. The lowest BCUT2D eigenvalue weighted by atomic mass is 10.1. The fraction of sp³-hybridized carbons (Fsp3) is 0.304. The van der Waals surface area contributed by atoms with E-state index in [-0.39, 0.29) is 17.2 Å². The van der Waals surface area contributed by atoms with Crippen LogP contribution in [0.15, 0.2) is 53.7 Å². The number of anilines is 1. The molecule has 0 saturated carbocycles. The van der Waals surface area contributed by atoms with Gasteiger partial charge in [0.05, 0.1) is 23.6 Å². The van der Waals surface area contributed by atoms with Crippen LogP contribution in [0.25, 0.3) is 11.4 Å². The number of para-hydroxylation sites is 1. The highest BCUT2D eigenvalue weighted by Gasteiger charge is 2.16. The zero-order valence-electron chi connectivity index (χ0n) is 18.4. The fourth-order valence-electron chi connectivity index (χ4n) is 2.98. The molecule has 8 nitrogen and oxygen atoms in total. The van der Waals surface area contributed by atoms with Gasteiger partial charge in [-0.2, -0.15) is 0 Å². The first-order valence-corrected chi connectivity index (χ1v) is 11.4. The van der Waals surface area contributed by atoms with E-state index in [0.717, 1.165) is 17.1 Å². The third-order valence-corrected chi connectivity index (χ3v) is 5.49. The molecule has 0 radical (unpaired) electrons. The smallest absolute Gasteiger partial charge is 0.250 e. The van der Waals surface area contributed by atoms with E-state index in [0.29, 0.717) is 29.9 Å². The van der Waals surface area contributed by atoms with Crippen LogP contribution in [0.4, 0.5) is 5.69 Å². The Morgan fingerprint density at radius 3 is 2.50 bits per heavy atom. The first kappa shape index (κ1) is 23.3. The number of aromatic nitrogens is 3. The lowest BCUT2D eigenvalue weighted by Gasteiger charge is -2.10. The summed E-state index contributed by atoms with van der Waals surface area (Å²) in [6.45, 7) is 7.53. The summed E-state index contributed by atoms with van der Waals surface area (Å²) < 4.78 is 7.69. The molecule has 0 unspecified atom stereocenters. The molecule has 0 aliphatic carbocycles.